The fourth-order valence-corrected chi connectivity index (χ4v) is 0. The number of nitrogens with one attached hydrogen (secondary N) is 1. The fourth-order valence-electron chi connectivity index (χ4n) is 0. The van der Waals surface area contributed by atoms with E-state index in [1.165, 1.54) is 5.57 Å². The molecule has 0 fully saturated rings. The molecular weight excluding hydrogens is 86.1 g/mol. The monoisotopic (exact) mass is 99.1 g/mol. The van der Waals surface area contributed by atoms with Gasteiger partial charge in [0.2, 0.25) is 0 Å². The van der Waals surface area contributed by atoms with Crippen molar-refractivity contribution in [2.24, 2.45) is 0 Å². The molecule has 0 aromatic rings. The van der Waals surface area contributed by atoms with E-state index in [-0.39, 0.29) is 0 Å². The van der Waals surface area contributed by atoms with Crippen LogP contribution >= 0.6 is 0 Å². The molecule has 42 valence electrons. The molecule has 0 aliphatic carbocycles. The number of rotatable bonds is 0. The lowest BCUT2D eigenvalue weighted by molar-refractivity contribution is 1.36. The van der Waals surface area contributed by atoms with Crippen molar-refractivity contribution in [3.8, 4) is 0 Å². The van der Waals surface area contributed by atoms with E-state index >= 15 is 0 Å². The standard InChI is InChI=1S/C5H10.CH3N/c1-4-5(2)3;1-2/h4H,1-3H3;2H,1H2. The molecule has 0 unspecified atom stereocenters. The molecule has 0 aliphatic rings. The van der Waals surface area contributed by atoms with Gasteiger partial charge < -0.3 is 5.41 Å². The Hall–Kier alpha value is -0.590. The van der Waals surface area contributed by atoms with Crippen molar-refractivity contribution in [3.63, 3.8) is 0 Å². The second kappa shape index (κ2) is 9.05. The van der Waals surface area contributed by atoms with E-state index in [0.717, 1.165) is 0 Å². The van der Waals surface area contributed by atoms with Gasteiger partial charge in [-0.05, 0) is 27.5 Å². The summed E-state index contributed by atoms with van der Waals surface area (Å²) >= 11 is 0. The molecule has 0 aromatic heterocycles. The van der Waals surface area contributed by atoms with Crippen molar-refractivity contribution in [1.82, 2.24) is 0 Å². The Labute approximate surface area is 45.6 Å². The van der Waals surface area contributed by atoms with Gasteiger partial charge in [0, 0.05) is 0 Å². The maximum atomic E-state index is 5.50. The smallest absolute Gasteiger partial charge is 0.0187 e. The molecule has 0 saturated heterocycles. The van der Waals surface area contributed by atoms with Gasteiger partial charge >= 0.3 is 0 Å². The summed E-state index contributed by atoms with van der Waals surface area (Å²) in [6.07, 6.45) is 2.08. The van der Waals surface area contributed by atoms with Gasteiger partial charge in [-0.15, -0.1) is 0 Å². The molecule has 0 saturated carbocycles. The third-order valence-electron chi connectivity index (χ3n) is 0.577. The SMILES string of the molecule is C=N.CC=C(C)C. The molecule has 0 radical (unpaired) electrons. The second-order valence-corrected chi connectivity index (χ2v) is 1.37. The minimum absolute atomic E-state index is 1.38. The average Bonchev–Trinajstić information content (AvgIpc) is 1.73. The van der Waals surface area contributed by atoms with Crippen LogP contribution in [-0.4, -0.2) is 6.72 Å². The van der Waals surface area contributed by atoms with Crippen molar-refractivity contribution in [1.29, 1.82) is 5.41 Å². The summed E-state index contributed by atoms with van der Waals surface area (Å²) in [4.78, 5) is 0. The zero-order valence-electron chi connectivity index (χ0n) is 5.28. The van der Waals surface area contributed by atoms with Crippen LogP contribution in [0.1, 0.15) is 20.8 Å². The topological polar surface area (TPSA) is 23.9 Å². The van der Waals surface area contributed by atoms with E-state index in [0.29, 0.717) is 0 Å². The lowest BCUT2D eigenvalue weighted by Gasteiger charge is -1.74. The van der Waals surface area contributed by atoms with E-state index in [1.54, 1.807) is 0 Å². The predicted molar refractivity (Wildman–Crippen MR) is 34.9 cm³/mol. The maximum Gasteiger partial charge on any atom is -0.0187 e. The first-order valence-electron chi connectivity index (χ1n) is 2.22. The second-order valence-electron chi connectivity index (χ2n) is 1.37. The van der Waals surface area contributed by atoms with Crippen molar-refractivity contribution >= 4 is 6.72 Å². The van der Waals surface area contributed by atoms with Crippen LogP contribution in [0.4, 0.5) is 0 Å². The van der Waals surface area contributed by atoms with E-state index in [1.807, 2.05) is 6.92 Å². The van der Waals surface area contributed by atoms with Gasteiger partial charge in [-0.25, -0.2) is 0 Å². The lowest BCUT2D eigenvalue weighted by Crippen LogP contribution is -1.52. The van der Waals surface area contributed by atoms with Crippen LogP contribution in [0, 0.1) is 5.41 Å². The van der Waals surface area contributed by atoms with Gasteiger partial charge in [0.05, 0.1) is 0 Å². The highest BCUT2D eigenvalue weighted by Crippen LogP contribution is 1.82. The van der Waals surface area contributed by atoms with Crippen molar-refractivity contribution < 1.29 is 0 Å². The third kappa shape index (κ3) is 31.6. The van der Waals surface area contributed by atoms with E-state index < -0.39 is 0 Å². The molecule has 1 heteroatoms. The van der Waals surface area contributed by atoms with Gasteiger partial charge in [0.1, 0.15) is 0 Å². The van der Waals surface area contributed by atoms with Crippen LogP contribution in [0.3, 0.4) is 0 Å². The van der Waals surface area contributed by atoms with Crippen molar-refractivity contribution in [2.75, 3.05) is 0 Å². The van der Waals surface area contributed by atoms with Crippen LogP contribution in [-0.2, 0) is 0 Å². The van der Waals surface area contributed by atoms with Crippen LogP contribution < -0.4 is 0 Å². The fraction of sp³-hybridized carbons (Fsp3) is 0.500. The first kappa shape index (κ1) is 9.65. The molecule has 1 N–H and O–H groups in total. The molecule has 7 heavy (non-hydrogen) atoms. The zero-order chi connectivity index (χ0) is 6.28. The first-order chi connectivity index (χ1) is 3.27. The molecule has 0 spiro atoms. The molecule has 0 atom stereocenters. The van der Waals surface area contributed by atoms with Gasteiger partial charge in [0.25, 0.3) is 0 Å². The Morgan fingerprint density at radius 3 is 1.57 bits per heavy atom. The first-order valence-corrected chi connectivity index (χ1v) is 2.22. The van der Waals surface area contributed by atoms with Gasteiger partial charge in [-0.2, -0.15) is 0 Å². The quantitative estimate of drug-likeness (QED) is 0.356. The summed E-state index contributed by atoms with van der Waals surface area (Å²) in [6.45, 7) is 8.70. The molecule has 0 aromatic carbocycles. The number of hydrogen-bond donors (Lipinski definition) is 1. The molecule has 0 aliphatic heterocycles. The van der Waals surface area contributed by atoms with Crippen LogP contribution in [0.15, 0.2) is 11.6 Å². The summed E-state index contributed by atoms with van der Waals surface area (Å²) in [7, 11) is 0. The normalized spacial score (nSPS) is 5.57. The zero-order valence-corrected chi connectivity index (χ0v) is 5.28. The highest BCUT2D eigenvalue weighted by atomic mass is 14.2. The highest BCUT2D eigenvalue weighted by Gasteiger charge is 1.60. The molecular formula is C6H13N. The maximum absolute atomic E-state index is 5.50. The number of allylic oxidation sites excluding steroid dienone is 2. The van der Waals surface area contributed by atoms with Crippen LogP contribution in [0.25, 0.3) is 0 Å². The van der Waals surface area contributed by atoms with Crippen LogP contribution in [0.5, 0.6) is 0 Å². The van der Waals surface area contributed by atoms with E-state index in [9.17, 15) is 0 Å². The van der Waals surface area contributed by atoms with Crippen molar-refractivity contribution in [3.05, 3.63) is 11.6 Å². The molecule has 0 rings (SSSR count). The largest absolute Gasteiger partial charge is 0.317 e. The summed E-state index contributed by atoms with van der Waals surface area (Å²) in [5.74, 6) is 0. The summed E-state index contributed by atoms with van der Waals surface area (Å²) in [5, 5.41) is 5.50. The molecule has 1 nitrogen and oxygen atoms in total. The molecule has 0 bridgehead atoms. The molecule has 0 heterocycles. The van der Waals surface area contributed by atoms with Gasteiger partial charge in [-0.3, -0.25) is 0 Å². The Balaban J connectivity index is 0. The Morgan fingerprint density at radius 2 is 1.57 bits per heavy atom. The summed E-state index contributed by atoms with van der Waals surface area (Å²) in [6, 6.07) is 0. The summed E-state index contributed by atoms with van der Waals surface area (Å²) in [5.41, 5.74) is 1.38. The van der Waals surface area contributed by atoms with Crippen LogP contribution in [0.2, 0.25) is 0 Å². The minimum atomic E-state index is 1.38. The highest BCUT2D eigenvalue weighted by molar-refractivity contribution is 5.15. The third-order valence-corrected chi connectivity index (χ3v) is 0.577. The van der Waals surface area contributed by atoms with Gasteiger partial charge in [0.15, 0.2) is 0 Å². The van der Waals surface area contributed by atoms with E-state index in [4.69, 9.17) is 5.41 Å². The number of hydrogen-bond acceptors (Lipinski definition) is 1. The van der Waals surface area contributed by atoms with Gasteiger partial charge in [-0.1, -0.05) is 11.6 Å². The Bertz CT molecular complexity index is 51.2. The lowest BCUT2D eigenvalue weighted by atomic mass is 10.3. The minimum Gasteiger partial charge on any atom is -0.317 e. The summed E-state index contributed by atoms with van der Waals surface area (Å²) < 4.78 is 0. The Morgan fingerprint density at radius 1 is 1.43 bits per heavy atom. The Kier molecular flexibility index (Phi) is 12.5. The van der Waals surface area contributed by atoms with E-state index in [2.05, 4.69) is 26.6 Å². The average molecular weight is 99.2 g/mol. The molecule has 0 amide bonds. The predicted octanol–water partition coefficient (Wildman–Crippen LogP) is 2.24. The van der Waals surface area contributed by atoms with Crippen molar-refractivity contribution in [2.45, 2.75) is 20.8 Å².